The van der Waals surface area contributed by atoms with E-state index in [4.69, 9.17) is 20.1 Å². The number of nitrogens with zero attached hydrogens (tertiary/aromatic N) is 1. The van der Waals surface area contributed by atoms with Crippen LogP contribution in [0.2, 0.25) is 0 Å². The van der Waals surface area contributed by atoms with Gasteiger partial charge in [-0.3, -0.25) is 14.4 Å². The third-order valence-corrected chi connectivity index (χ3v) is 8.76. The second-order valence-electron chi connectivity index (χ2n) is 11.6. The van der Waals surface area contributed by atoms with Crippen molar-refractivity contribution in [3.8, 4) is 5.88 Å². The Morgan fingerprint density at radius 2 is 1.73 bits per heavy atom. The molecular formula is C25H36N4O7S. The Labute approximate surface area is 220 Å². The molecule has 1 aromatic heterocycles. The minimum Gasteiger partial charge on any atom is -0.479 e. The molecule has 4 fully saturated rings. The molecular weight excluding hydrogens is 500 g/mol. The van der Waals surface area contributed by atoms with Crippen LogP contribution in [0.15, 0.2) is 9.42 Å². The van der Waals surface area contributed by atoms with E-state index in [1.165, 1.54) is 57.7 Å². The molecule has 204 valence electrons. The number of carboxylic acid groups (broad SMARTS) is 1. The van der Waals surface area contributed by atoms with Gasteiger partial charge in [0.25, 0.3) is 17.7 Å². The number of hydrogen-bond donors (Lipinski definition) is 4. The molecule has 4 bridgehead atoms. The first-order valence-electron chi connectivity index (χ1n) is 12.8. The highest BCUT2D eigenvalue weighted by Crippen LogP contribution is 2.53. The summed E-state index contributed by atoms with van der Waals surface area (Å²) >= 11 is 1.37. The molecule has 0 aliphatic heterocycles. The number of aliphatic carboxylic acids is 1. The van der Waals surface area contributed by atoms with Gasteiger partial charge in [0.15, 0.2) is 0 Å². The highest BCUT2D eigenvalue weighted by Gasteiger charge is 2.49. The molecule has 5 rings (SSSR count). The monoisotopic (exact) mass is 536 g/mol. The number of carboxylic acids is 1. The van der Waals surface area contributed by atoms with E-state index in [-0.39, 0.29) is 35.4 Å². The lowest BCUT2D eigenvalue weighted by molar-refractivity contribution is -0.147. The highest BCUT2D eigenvalue weighted by atomic mass is 32.2. The number of carbonyl (C=O) groups excluding carboxylic acids is 3. The lowest BCUT2D eigenvalue weighted by Gasteiger charge is -2.54. The van der Waals surface area contributed by atoms with Crippen molar-refractivity contribution in [2.75, 3.05) is 6.61 Å². The van der Waals surface area contributed by atoms with E-state index in [9.17, 15) is 19.2 Å². The Morgan fingerprint density at radius 1 is 1.14 bits per heavy atom. The first kappa shape index (κ1) is 27.3. The number of amides is 3. The second kappa shape index (κ2) is 10.5. The Balaban J connectivity index is 1.44. The lowest BCUT2D eigenvalue weighted by Crippen LogP contribution is -2.55. The van der Waals surface area contributed by atoms with E-state index in [1.54, 1.807) is 0 Å². The number of nitrogens with two attached hydrogens (primary N) is 1. The number of ether oxygens (including phenoxy) is 1. The molecule has 37 heavy (non-hydrogen) atoms. The van der Waals surface area contributed by atoms with Crippen molar-refractivity contribution in [1.29, 1.82) is 0 Å². The number of nitrogens with one attached hydrogen (secondary N) is 2. The predicted octanol–water partition coefficient (Wildman–Crippen LogP) is 2.19. The summed E-state index contributed by atoms with van der Waals surface area (Å²) in [5, 5.41) is 18.5. The SMILES string of the molecule is CC(C)Sc1c(OCC(C)(C)C(=O)N[C@@H](C(N)=O)C(=O)O)noc1C(=O)NC1C2CC3CC(C2)CC1C3. The van der Waals surface area contributed by atoms with Gasteiger partial charge < -0.3 is 30.7 Å². The normalized spacial score (nSPS) is 27.1. The molecule has 0 spiro atoms. The maximum atomic E-state index is 13.3. The van der Waals surface area contributed by atoms with E-state index in [0.717, 1.165) is 11.8 Å². The molecule has 0 saturated heterocycles. The van der Waals surface area contributed by atoms with E-state index in [2.05, 4.69) is 15.8 Å². The largest absolute Gasteiger partial charge is 0.479 e. The summed E-state index contributed by atoms with van der Waals surface area (Å²) in [6, 6.07) is -1.71. The van der Waals surface area contributed by atoms with E-state index >= 15 is 0 Å². The van der Waals surface area contributed by atoms with Gasteiger partial charge in [0.05, 0.1) is 5.41 Å². The van der Waals surface area contributed by atoms with Crippen LogP contribution in [0.3, 0.4) is 0 Å². The third kappa shape index (κ3) is 5.89. The topological polar surface area (TPSA) is 174 Å². The molecule has 12 heteroatoms. The van der Waals surface area contributed by atoms with Crippen molar-refractivity contribution in [2.24, 2.45) is 34.8 Å². The van der Waals surface area contributed by atoms with E-state index in [0.29, 0.717) is 16.7 Å². The van der Waals surface area contributed by atoms with E-state index < -0.39 is 29.2 Å². The molecule has 11 nitrogen and oxygen atoms in total. The van der Waals surface area contributed by atoms with Crippen LogP contribution < -0.4 is 21.1 Å². The van der Waals surface area contributed by atoms with Crippen molar-refractivity contribution < 1.29 is 33.5 Å². The Kier molecular flexibility index (Phi) is 7.77. The van der Waals surface area contributed by atoms with Crippen LogP contribution in [0.4, 0.5) is 0 Å². The minimum absolute atomic E-state index is 0.0829. The fraction of sp³-hybridized carbons (Fsp3) is 0.720. The zero-order valence-electron chi connectivity index (χ0n) is 21.6. The van der Waals surface area contributed by atoms with Gasteiger partial charge in [-0.25, -0.2) is 4.79 Å². The number of carbonyl (C=O) groups is 4. The molecule has 4 aliphatic carbocycles. The first-order valence-corrected chi connectivity index (χ1v) is 13.7. The molecule has 0 unspecified atom stereocenters. The molecule has 1 aromatic rings. The third-order valence-electron chi connectivity index (χ3n) is 7.70. The fourth-order valence-corrected chi connectivity index (χ4v) is 7.02. The van der Waals surface area contributed by atoms with Crippen LogP contribution in [0.1, 0.15) is 70.4 Å². The van der Waals surface area contributed by atoms with Gasteiger partial charge in [0.2, 0.25) is 17.7 Å². The van der Waals surface area contributed by atoms with E-state index in [1.807, 2.05) is 13.8 Å². The molecule has 1 atom stereocenters. The maximum Gasteiger partial charge on any atom is 0.336 e. The zero-order valence-corrected chi connectivity index (χ0v) is 22.4. The van der Waals surface area contributed by atoms with Crippen LogP contribution in [0.25, 0.3) is 0 Å². The van der Waals surface area contributed by atoms with Crippen LogP contribution in [-0.2, 0) is 14.4 Å². The first-order chi connectivity index (χ1) is 17.4. The van der Waals surface area contributed by atoms with Gasteiger partial charge in [-0.15, -0.1) is 11.8 Å². The van der Waals surface area contributed by atoms with Crippen LogP contribution in [-0.4, -0.2) is 57.9 Å². The molecule has 1 heterocycles. The van der Waals surface area contributed by atoms with Crippen LogP contribution in [0.5, 0.6) is 5.88 Å². The number of hydrogen-bond acceptors (Lipinski definition) is 8. The average molecular weight is 537 g/mol. The van der Waals surface area contributed by atoms with Crippen molar-refractivity contribution >= 4 is 35.5 Å². The zero-order chi connectivity index (χ0) is 27.1. The maximum absolute atomic E-state index is 13.3. The summed E-state index contributed by atoms with van der Waals surface area (Å²) < 4.78 is 11.3. The molecule has 5 N–H and O–H groups in total. The summed E-state index contributed by atoms with van der Waals surface area (Å²) in [4.78, 5) is 49.0. The van der Waals surface area contributed by atoms with Gasteiger partial charge in [-0.1, -0.05) is 13.8 Å². The molecule has 4 saturated carbocycles. The number of thioether (sulfide) groups is 1. The smallest absolute Gasteiger partial charge is 0.336 e. The molecule has 3 amide bonds. The summed E-state index contributed by atoms with van der Waals surface area (Å²) in [7, 11) is 0. The van der Waals surface area contributed by atoms with Crippen LogP contribution in [0, 0.1) is 29.1 Å². The highest BCUT2D eigenvalue weighted by molar-refractivity contribution is 8.00. The summed E-state index contributed by atoms with van der Waals surface area (Å²) in [6.07, 6.45) is 6.02. The quantitative estimate of drug-likeness (QED) is 0.244. The van der Waals surface area contributed by atoms with Gasteiger partial charge in [-0.05, 0) is 74.8 Å². The Morgan fingerprint density at radius 3 is 2.24 bits per heavy atom. The Bertz CT molecular complexity index is 1030. The fourth-order valence-electron chi connectivity index (χ4n) is 6.12. The minimum atomic E-state index is -1.86. The standard InChI is InChI=1S/C25H36N4O7S/c1-11(2)37-19-18(21(31)27-16-14-6-12-5-13(8-14)9-15(16)7-12)36-29-22(19)35-10-25(3,4)24(34)28-17(20(26)30)23(32)33/h11-17H,5-10H2,1-4H3,(H2,26,30)(H,27,31)(H,28,34)(H,32,33)/t12?,13?,14?,15?,16?,17-/m0/s1. The Hall–Kier alpha value is -2.76. The number of rotatable bonds is 11. The molecule has 4 aliphatic rings. The van der Waals surface area contributed by atoms with Crippen LogP contribution >= 0.6 is 11.8 Å². The molecule has 0 radical (unpaired) electrons. The lowest BCUT2D eigenvalue weighted by atomic mass is 9.54. The van der Waals surface area contributed by atoms with Crippen molar-refractivity contribution in [1.82, 2.24) is 15.8 Å². The van der Waals surface area contributed by atoms with Gasteiger partial charge >= 0.3 is 5.97 Å². The number of primary amides is 1. The summed E-state index contributed by atoms with van der Waals surface area (Å²) in [6.45, 7) is 6.77. The summed E-state index contributed by atoms with van der Waals surface area (Å²) in [5.74, 6) is -1.01. The summed E-state index contributed by atoms with van der Waals surface area (Å²) in [5.41, 5.74) is 3.82. The number of aromatic nitrogens is 1. The van der Waals surface area contributed by atoms with Crippen molar-refractivity contribution in [3.05, 3.63) is 5.76 Å². The van der Waals surface area contributed by atoms with Crippen molar-refractivity contribution in [3.63, 3.8) is 0 Å². The second-order valence-corrected chi connectivity index (χ2v) is 13.1. The average Bonchev–Trinajstić information content (AvgIpc) is 3.19. The van der Waals surface area contributed by atoms with Gasteiger partial charge in [0.1, 0.15) is 11.5 Å². The predicted molar refractivity (Wildman–Crippen MR) is 134 cm³/mol. The van der Waals surface area contributed by atoms with Crippen molar-refractivity contribution in [2.45, 2.75) is 82.0 Å². The molecule has 0 aromatic carbocycles. The van der Waals surface area contributed by atoms with Gasteiger partial charge in [0, 0.05) is 11.3 Å². The van der Waals surface area contributed by atoms with Gasteiger partial charge in [-0.2, -0.15) is 0 Å².